The molecule has 102 valence electrons. The zero-order valence-electron chi connectivity index (χ0n) is 11.0. The summed E-state index contributed by atoms with van der Waals surface area (Å²) in [7, 11) is 0. The molecule has 1 unspecified atom stereocenters. The van der Waals surface area contributed by atoms with E-state index in [1.165, 1.54) is 0 Å². The number of ether oxygens (including phenoxy) is 1. The van der Waals surface area contributed by atoms with Gasteiger partial charge in [0.05, 0.1) is 10.7 Å². The third kappa shape index (κ3) is 2.49. The Bertz CT molecular complexity index is 644. The number of carbonyl (C=O) groups is 1. The van der Waals surface area contributed by atoms with Crippen LogP contribution in [-0.2, 0) is 11.2 Å². The summed E-state index contributed by atoms with van der Waals surface area (Å²) >= 11 is 6.11. The van der Waals surface area contributed by atoms with Crippen molar-refractivity contribution in [3.8, 4) is 5.75 Å². The highest BCUT2D eigenvalue weighted by molar-refractivity contribution is 6.33. The molecule has 0 spiro atoms. The van der Waals surface area contributed by atoms with E-state index < -0.39 is 6.10 Å². The number of carbonyl (C=O) groups excluding carboxylic acids is 1. The van der Waals surface area contributed by atoms with Gasteiger partial charge in [-0.2, -0.15) is 0 Å². The number of fused-ring (bicyclic) bond motifs is 1. The van der Waals surface area contributed by atoms with Crippen LogP contribution in [0.2, 0.25) is 5.02 Å². The van der Waals surface area contributed by atoms with Gasteiger partial charge in [0.25, 0.3) is 5.91 Å². The maximum absolute atomic E-state index is 12.2. The van der Waals surface area contributed by atoms with Crippen LogP contribution >= 0.6 is 11.6 Å². The van der Waals surface area contributed by atoms with Crippen LogP contribution in [0.5, 0.6) is 5.75 Å². The Morgan fingerprint density at radius 2 is 2.10 bits per heavy atom. The molecule has 1 amide bonds. The van der Waals surface area contributed by atoms with Crippen LogP contribution in [-0.4, -0.2) is 12.0 Å². The Balaban J connectivity index is 1.72. The second-order valence-electron chi connectivity index (χ2n) is 4.89. The molecule has 0 bridgehead atoms. The molecule has 2 aromatic carbocycles. The molecule has 0 aliphatic carbocycles. The standard InChI is InChI=1S/C16H14ClNO2/c1-10-6-7-13(12(17)8-10)18-16(19)15-9-11-4-2-3-5-14(11)20-15/h2-8,15H,9H2,1H3,(H,18,19). The predicted molar refractivity (Wildman–Crippen MR) is 79.4 cm³/mol. The van der Waals surface area contributed by atoms with Gasteiger partial charge in [-0.25, -0.2) is 0 Å². The van der Waals surface area contributed by atoms with E-state index in [2.05, 4.69) is 5.32 Å². The summed E-state index contributed by atoms with van der Waals surface area (Å²) in [5.74, 6) is 0.606. The minimum absolute atomic E-state index is 0.174. The van der Waals surface area contributed by atoms with E-state index in [1.807, 2.05) is 43.3 Å². The van der Waals surface area contributed by atoms with Crippen LogP contribution in [0.3, 0.4) is 0 Å². The Morgan fingerprint density at radius 3 is 2.85 bits per heavy atom. The Kier molecular flexibility index (Phi) is 3.36. The minimum Gasteiger partial charge on any atom is -0.480 e. The third-order valence-corrected chi connectivity index (χ3v) is 3.63. The lowest BCUT2D eigenvalue weighted by atomic mass is 10.1. The number of para-hydroxylation sites is 1. The van der Waals surface area contributed by atoms with E-state index in [4.69, 9.17) is 16.3 Å². The first-order chi connectivity index (χ1) is 9.63. The number of anilines is 1. The number of hydrogen-bond donors (Lipinski definition) is 1. The molecule has 0 saturated carbocycles. The molecule has 0 aromatic heterocycles. The number of benzene rings is 2. The van der Waals surface area contributed by atoms with Crippen molar-refractivity contribution in [1.29, 1.82) is 0 Å². The average Bonchev–Trinajstić information content (AvgIpc) is 2.86. The van der Waals surface area contributed by atoms with Gasteiger partial charge in [0.2, 0.25) is 0 Å². The molecule has 0 radical (unpaired) electrons. The van der Waals surface area contributed by atoms with Crippen molar-refractivity contribution in [2.24, 2.45) is 0 Å². The Hall–Kier alpha value is -2.00. The first-order valence-corrected chi connectivity index (χ1v) is 6.83. The summed E-state index contributed by atoms with van der Waals surface area (Å²) in [6, 6.07) is 13.2. The van der Waals surface area contributed by atoms with E-state index in [9.17, 15) is 4.79 Å². The molecule has 1 aliphatic heterocycles. The Morgan fingerprint density at radius 1 is 1.30 bits per heavy atom. The fourth-order valence-corrected chi connectivity index (χ4v) is 2.55. The summed E-state index contributed by atoms with van der Waals surface area (Å²) in [6.45, 7) is 1.95. The minimum atomic E-state index is -0.496. The first kappa shape index (κ1) is 13.0. The second kappa shape index (κ2) is 5.17. The van der Waals surface area contributed by atoms with Gasteiger partial charge < -0.3 is 10.1 Å². The van der Waals surface area contributed by atoms with Crippen molar-refractivity contribution in [1.82, 2.24) is 0 Å². The lowest BCUT2D eigenvalue weighted by Crippen LogP contribution is -2.31. The highest BCUT2D eigenvalue weighted by Crippen LogP contribution is 2.29. The number of rotatable bonds is 2. The predicted octanol–water partition coefficient (Wildman–Crippen LogP) is 3.59. The van der Waals surface area contributed by atoms with Crippen molar-refractivity contribution < 1.29 is 9.53 Å². The highest BCUT2D eigenvalue weighted by Gasteiger charge is 2.29. The highest BCUT2D eigenvalue weighted by atomic mass is 35.5. The summed E-state index contributed by atoms with van der Waals surface area (Å²) in [4.78, 5) is 12.2. The molecule has 1 N–H and O–H groups in total. The van der Waals surface area contributed by atoms with Gasteiger partial charge in [0, 0.05) is 6.42 Å². The van der Waals surface area contributed by atoms with Crippen LogP contribution in [0.1, 0.15) is 11.1 Å². The fraction of sp³-hybridized carbons (Fsp3) is 0.188. The van der Waals surface area contributed by atoms with Gasteiger partial charge in [-0.1, -0.05) is 35.9 Å². The fourth-order valence-electron chi connectivity index (χ4n) is 2.26. The topological polar surface area (TPSA) is 38.3 Å². The molecule has 3 nitrogen and oxygen atoms in total. The molecular weight excluding hydrogens is 274 g/mol. The number of aryl methyl sites for hydroxylation is 1. The van der Waals surface area contributed by atoms with Crippen LogP contribution < -0.4 is 10.1 Å². The first-order valence-electron chi connectivity index (χ1n) is 6.45. The number of amides is 1. The maximum atomic E-state index is 12.2. The number of hydrogen-bond acceptors (Lipinski definition) is 2. The van der Waals surface area contributed by atoms with Crippen LogP contribution in [0.15, 0.2) is 42.5 Å². The molecule has 4 heteroatoms. The van der Waals surface area contributed by atoms with Crippen molar-refractivity contribution in [3.05, 3.63) is 58.6 Å². The summed E-state index contributed by atoms with van der Waals surface area (Å²) in [5, 5.41) is 3.35. The molecule has 1 atom stereocenters. The quantitative estimate of drug-likeness (QED) is 0.917. The molecule has 3 rings (SSSR count). The van der Waals surface area contributed by atoms with E-state index in [1.54, 1.807) is 6.07 Å². The van der Waals surface area contributed by atoms with E-state index >= 15 is 0 Å². The second-order valence-corrected chi connectivity index (χ2v) is 5.30. The van der Waals surface area contributed by atoms with Crippen LogP contribution in [0, 0.1) is 6.92 Å². The van der Waals surface area contributed by atoms with Gasteiger partial charge in [0.15, 0.2) is 6.10 Å². The summed E-state index contributed by atoms with van der Waals surface area (Å²) < 4.78 is 5.65. The van der Waals surface area contributed by atoms with Gasteiger partial charge in [0.1, 0.15) is 5.75 Å². The van der Waals surface area contributed by atoms with Gasteiger partial charge in [-0.05, 0) is 36.2 Å². The zero-order chi connectivity index (χ0) is 14.1. The van der Waals surface area contributed by atoms with Gasteiger partial charge >= 0.3 is 0 Å². The molecular formula is C16H14ClNO2. The van der Waals surface area contributed by atoms with Crippen LogP contribution in [0.25, 0.3) is 0 Å². The third-order valence-electron chi connectivity index (χ3n) is 3.32. The lowest BCUT2D eigenvalue weighted by molar-refractivity contribution is -0.122. The van der Waals surface area contributed by atoms with E-state index in [0.29, 0.717) is 17.1 Å². The van der Waals surface area contributed by atoms with Crippen molar-refractivity contribution in [2.75, 3.05) is 5.32 Å². The van der Waals surface area contributed by atoms with E-state index in [-0.39, 0.29) is 5.91 Å². The molecule has 1 aliphatic rings. The lowest BCUT2D eigenvalue weighted by Gasteiger charge is -2.12. The molecule has 0 saturated heterocycles. The largest absolute Gasteiger partial charge is 0.480 e. The molecule has 1 heterocycles. The summed E-state index contributed by atoms with van der Waals surface area (Å²) in [6.07, 6.45) is 0.0932. The smallest absolute Gasteiger partial charge is 0.265 e. The van der Waals surface area contributed by atoms with Gasteiger partial charge in [-0.15, -0.1) is 0 Å². The van der Waals surface area contributed by atoms with Crippen molar-refractivity contribution in [3.63, 3.8) is 0 Å². The van der Waals surface area contributed by atoms with Crippen LogP contribution in [0.4, 0.5) is 5.69 Å². The zero-order valence-corrected chi connectivity index (χ0v) is 11.8. The number of nitrogens with one attached hydrogen (secondary N) is 1. The monoisotopic (exact) mass is 287 g/mol. The summed E-state index contributed by atoms with van der Waals surface area (Å²) in [5.41, 5.74) is 2.72. The van der Waals surface area contributed by atoms with Crippen molar-refractivity contribution in [2.45, 2.75) is 19.4 Å². The molecule has 2 aromatic rings. The normalized spacial score (nSPS) is 16.4. The SMILES string of the molecule is Cc1ccc(NC(=O)C2Cc3ccccc3O2)c(Cl)c1. The van der Waals surface area contributed by atoms with E-state index in [0.717, 1.165) is 16.9 Å². The van der Waals surface area contributed by atoms with Gasteiger partial charge in [-0.3, -0.25) is 4.79 Å². The number of halogens is 1. The average molecular weight is 288 g/mol. The molecule has 20 heavy (non-hydrogen) atoms. The molecule has 0 fully saturated rings. The maximum Gasteiger partial charge on any atom is 0.265 e. The van der Waals surface area contributed by atoms with Crippen molar-refractivity contribution >= 4 is 23.2 Å². The Labute approximate surface area is 122 Å².